The number of hydrogen-bond acceptors (Lipinski definition) is 10. The molecule has 348 valence electrons. The lowest BCUT2D eigenvalue weighted by Crippen LogP contribution is -2.61. The zero-order valence-corrected chi connectivity index (χ0v) is 35.0. The maximum Gasteiger partial charge on any atom is 0.336 e. The Morgan fingerprint density at radius 1 is 0.625 bits per heavy atom. The second-order valence-corrected chi connectivity index (χ2v) is 15.4. The second-order valence-electron chi connectivity index (χ2n) is 15.4. The number of hydrogen-bond donors (Lipinski definition) is 9. The van der Waals surface area contributed by atoms with Gasteiger partial charge in [0, 0.05) is 32.1 Å². The van der Waals surface area contributed by atoms with Crippen LogP contribution in [0.4, 0.5) is 8.78 Å². The first-order valence-corrected chi connectivity index (χ1v) is 20.7. The van der Waals surface area contributed by atoms with Crippen LogP contribution in [-0.2, 0) is 47.9 Å². The lowest BCUT2D eigenvalue weighted by molar-refractivity contribution is -0.147. The van der Waals surface area contributed by atoms with Crippen LogP contribution < -0.4 is 31.9 Å². The Bertz CT molecular complexity index is 1910. The van der Waals surface area contributed by atoms with Crippen LogP contribution in [0.1, 0.15) is 94.6 Å². The number of carboxylic acid groups (broad SMARTS) is 3. The van der Waals surface area contributed by atoms with E-state index >= 15 is 0 Å². The number of alkyl halides is 2. The SMILES string of the molecule is CC(=O)N[C@@H](C(=O)O)C(=O)N[C@@H](CCC(=O)O)C(=O)N[C@H](C(=O)N[C@@H](CCC(=O)O)C(=O)N[C@@H](CC1CCCCC1)C(=O)N[C@H](C=O)CC(F)F)C(c1ccccc1)c1ccccc1. The molecule has 2 aromatic rings. The monoisotopic (exact) mass is 900 g/mol. The Kier molecular flexibility index (Phi) is 20.9. The molecule has 0 aromatic heterocycles. The Morgan fingerprint density at radius 3 is 1.55 bits per heavy atom. The first-order valence-electron chi connectivity index (χ1n) is 20.7. The van der Waals surface area contributed by atoms with E-state index in [1.165, 1.54) is 0 Å². The first-order chi connectivity index (χ1) is 30.4. The lowest BCUT2D eigenvalue weighted by Gasteiger charge is -2.32. The Hall–Kier alpha value is -6.80. The molecule has 0 radical (unpaired) electrons. The van der Waals surface area contributed by atoms with Crippen LogP contribution in [-0.4, -0.2) is 118 Å². The minimum Gasteiger partial charge on any atom is -0.481 e. The molecule has 6 amide bonds. The van der Waals surface area contributed by atoms with Gasteiger partial charge in [0.1, 0.15) is 30.5 Å². The number of rotatable bonds is 26. The van der Waals surface area contributed by atoms with Crippen molar-refractivity contribution in [2.45, 2.75) is 126 Å². The van der Waals surface area contributed by atoms with Crippen molar-refractivity contribution in [1.82, 2.24) is 31.9 Å². The van der Waals surface area contributed by atoms with E-state index in [-0.39, 0.29) is 18.6 Å². The number of carbonyl (C=O) groups is 10. The van der Waals surface area contributed by atoms with Crippen molar-refractivity contribution < 1.29 is 72.0 Å². The predicted molar refractivity (Wildman–Crippen MR) is 221 cm³/mol. The molecule has 2 aromatic carbocycles. The number of carbonyl (C=O) groups excluding carboxylic acids is 7. The van der Waals surface area contributed by atoms with Crippen LogP contribution in [0.2, 0.25) is 0 Å². The van der Waals surface area contributed by atoms with E-state index in [4.69, 9.17) is 0 Å². The number of aliphatic carboxylic acids is 3. The third kappa shape index (κ3) is 17.2. The van der Waals surface area contributed by atoms with E-state index in [1.807, 2.05) is 5.32 Å². The van der Waals surface area contributed by atoms with Gasteiger partial charge in [-0.25, -0.2) is 13.6 Å². The van der Waals surface area contributed by atoms with Crippen molar-refractivity contribution in [2.75, 3.05) is 0 Å². The third-order valence-electron chi connectivity index (χ3n) is 10.5. The van der Waals surface area contributed by atoms with Gasteiger partial charge in [0.2, 0.25) is 42.0 Å². The molecule has 1 aliphatic rings. The maximum atomic E-state index is 14.7. The van der Waals surface area contributed by atoms with Crippen molar-refractivity contribution in [3.05, 3.63) is 71.8 Å². The van der Waals surface area contributed by atoms with Crippen LogP contribution in [0.3, 0.4) is 0 Å². The summed E-state index contributed by atoms with van der Waals surface area (Å²) in [6, 6.07) is 5.78. The van der Waals surface area contributed by atoms with Gasteiger partial charge in [-0.05, 0) is 36.3 Å². The summed E-state index contributed by atoms with van der Waals surface area (Å²) in [5, 5.41) is 42.5. The highest BCUT2D eigenvalue weighted by Crippen LogP contribution is 2.30. The number of aldehydes is 1. The van der Waals surface area contributed by atoms with Gasteiger partial charge < -0.3 is 52.0 Å². The number of benzene rings is 2. The molecule has 64 heavy (non-hydrogen) atoms. The van der Waals surface area contributed by atoms with Crippen molar-refractivity contribution in [3.63, 3.8) is 0 Å². The molecule has 0 aliphatic heterocycles. The molecule has 1 saturated carbocycles. The zero-order chi connectivity index (χ0) is 47.3. The molecule has 0 unspecified atom stereocenters. The summed E-state index contributed by atoms with van der Waals surface area (Å²) in [7, 11) is 0. The second kappa shape index (κ2) is 26.0. The summed E-state index contributed by atoms with van der Waals surface area (Å²) >= 11 is 0. The van der Waals surface area contributed by atoms with Crippen LogP contribution in [0.5, 0.6) is 0 Å². The van der Waals surface area contributed by atoms with Crippen molar-refractivity contribution >= 4 is 59.6 Å². The average Bonchev–Trinajstić information content (AvgIpc) is 3.25. The van der Waals surface area contributed by atoms with Crippen molar-refractivity contribution in [1.29, 1.82) is 0 Å². The van der Waals surface area contributed by atoms with Gasteiger partial charge in [0.25, 0.3) is 5.91 Å². The fourth-order valence-electron chi connectivity index (χ4n) is 7.37. The lowest BCUT2D eigenvalue weighted by atomic mass is 9.84. The van der Waals surface area contributed by atoms with E-state index in [0.29, 0.717) is 24.0 Å². The number of carboxylic acids is 3. The standard InChI is InChI=1S/C43H54F2N6O13/c1-24(53)46-37(43(63)64)42(62)49-30(18-20-34(56)57)39(59)51-36(35(26-13-7-3-8-14-26)27-15-9-4-10-16-27)41(61)48-29(17-19-33(54)55)38(58)50-31(21-25-11-5-2-6-12-25)40(60)47-28(23-52)22-32(44)45/h3-4,7-10,13-16,23,25,28-32,35-37H,2,5-6,11-12,17-22H2,1H3,(H,46,53)(H,47,60)(H,48,61)(H,49,62)(H,50,58)(H,51,59)(H,54,55)(H,56,57)(H,63,64)/t28-,29-,30-,31-,36-,37+/m0/s1. The molecule has 1 aliphatic carbocycles. The van der Waals surface area contributed by atoms with Gasteiger partial charge >= 0.3 is 17.9 Å². The largest absolute Gasteiger partial charge is 0.481 e. The molecule has 0 spiro atoms. The molecule has 9 N–H and O–H groups in total. The van der Waals surface area contributed by atoms with Crippen LogP contribution in [0, 0.1) is 5.92 Å². The van der Waals surface area contributed by atoms with Gasteiger partial charge in [0.05, 0.1) is 6.04 Å². The van der Waals surface area contributed by atoms with Gasteiger partial charge in [-0.15, -0.1) is 0 Å². The molecule has 0 bridgehead atoms. The fraction of sp³-hybridized carbons (Fsp3) is 0.488. The van der Waals surface area contributed by atoms with Crippen molar-refractivity contribution in [3.8, 4) is 0 Å². The number of amides is 6. The Balaban J connectivity index is 2.10. The van der Waals surface area contributed by atoms with Gasteiger partial charge in [-0.3, -0.25) is 38.4 Å². The molecule has 1 fully saturated rings. The topological polar surface area (TPSA) is 304 Å². The Morgan fingerprint density at radius 2 is 1.09 bits per heavy atom. The van der Waals surface area contributed by atoms with E-state index in [0.717, 1.165) is 26.2 Å². The molecular formula is C43H54F2N6O13. The normalized spacial score (nSPS) is 15.5. The van der Waals surface area contributed by atoms with Gasteiger partial charge in [0.15, 0.2) is 0 Å². The smallest absolute Gasteiger partial charge is 0.336 e. The van der Waals surface area contributed by atoms with Crippen LogP contribution in [0.25, 0.3) is 0 Å². The summed E-state index contributed by atoms with van der Waals surface area (Å²) < 4.78 is 26.4. The average molecular weight is 901 g/mol. The highest BCUT2D eigenvalue weighted by Gasteiger charge is 2.39. The van der Waals surface area contributed by atoms with E-state index < -0.39 is 134 Å². The molecule has 0 heterocycles. The summed E-state index contributed by atoms with van der Waals surface area (Å²) in [6.07, 6.45) is -2.50. The van der Waals surface area contributed by atoms with Gasteiger partial charge in [-0.2, -0.15) is 0 Å². The zero-order valence-electron chi connectivity index (χ0n) is 35.0. The highest BCUT2D eigenvalue weighted by molar-refractivity contribution is 6.05. The molecule has 19 nitrogen and oxygen atoms in total. The minimum absolute atomic E-state index is 0.0221. The third-order valence-corrected chi connectivity index (χ3v) is 10.5. The predicted octanol–water partition coefficient (Wildman–Crippen LogP) is 1.39. The van der Waals surface area contributed by atoms with Crippen LogP contribution >= 0.6 is 0 Å². The summed E-state index contributed by atoms with van der Waals surface area (Å²) in [5.74, 6) is -12.5. The molecule has 6 atom stereocenters. The number of halogens is 2. The maximum absolute atomic E-state index is 14.7. The fourth-order valence-corrected chi connectivity index (χ4v) is 7.37. The van der Waals surface area contributed by atoms with Crippen molar-refractivity contribution in [2.24, 2.45) is 5.92 Å². The molecular weight excluding hydrogens is 846 g/mol. The summed E-state index contributed by atoms with van der Waals surface area (Å²) in [5.41, 5.74) is 0.835. The van der Waals surface area contributed by atoms with E-state index in [9.17, 15) is 72.0 Å². The Labute approximate surface area is 366 Å². The number of nitrogens with one attached hydrogen (secondary N) is 6. The highest BCUT2D eigenvalue weighted by atomic mass is 19.3. The van der Waals surface area contributed by atoms with E-state index in [1.54, 1.807) is 60.7 Å². The van der Waals surface area contributed by atoms with Crippen LogP contribution in [0.15, 0.2) is 60.7 Å². The first kappa shape index (κ1) is 51.5. The summed E-state index contributed by atoms with van der Waals surface area (Å²) in [6.45, 7) is 0.935. The molecule has 0 saturated heterocycles. The van der Waals surface area contributed by atoms with Gasteiger partial charge in [-0.1, -0.05) is 92.8 Å². The minimum atomic E-state index is -2.95. The summed E-state index contributed by atoms with van der Waals surface area (Å²) in [4.78, 5) is 128. The quantitative estimate of drug-likeness (QED) is 0.0477. The molecule has 3 rings (SSSR count). The molecule has 21 heteroatoms. The van der Waals surface area contributed by atoms with E-state index in [2.05, 4.69) is 26.6 Å².